The predicted octanol–water partition coefficient (Wildman–Crippen LogP) is 2.06. The van der Waals surface area contributed by atoms with Gasteiger partial charge in [0.2, 0.25) is 5.91 Å². The molecule has 1 amide bonds. The van der Waals surface area contributed by atoms with Gasteiger partial charge in [-0.15, -0.1) is 24.2 Å². The van der Waals surface area contributed by atoms with Gasteiger partial charge in [-0.3, -0.25) is 4.79 Å². The normalized spacial score (nSPS) is 9.58. The van der Waals surface area contributed by atoms with Crippen molar-refractivity contribution >= 4 is 30.1 Å². The summed E-state index contributed by atoms with van der Waals surface area (Å²) in [6.07, 6.45) is 1.88. The lowest BCUT2D eigenvalue weighted by molar-refractivity contribution is -0.118. The number of unbranched alkanes of at least 4 members (excludes halogenated alkanes) is 1. The van der Waals surface area contributed by atoms with Crippen LogP contribution in [-0.2, 0) is 4.79 Å². The highest BCUT2D eigenvalue weighted by atomic mass is 35.5. The number of carbonyl (C=O) groups is 1. The van der Waals surface area contributed by atoms with Gasteiger partial charge in [0.1, 0.15) is 5.75 Å². The van der Waals surface area contributed by atoms with E-state index in [1.54, 1.807) is 7.11 Å². The molecule has 0 heterocycles. The van der Waals surface area contributed by atoms with Crippen LogP contribution in [0, 0.1) is 0 Å². The molecule has 0 bridgehead atoms. The van der Waals surface area contributed by atoms with Gasteiger partial charge in [0, 0.05) is 11.4 Å². The average molecular weight is 305 g/mol. The fourth-order valence-electron chi connectivity index (χ4n) is 1.39. The van der Waals surface area contributed by atoms with E-state index in [0.29, 0.717) is 18.8 Å². The van der Waals surface area contributed by atoms with Crippen molar-refractivity contribution in [1.29, 1.82) is 0 Å². The van der Waals surface area contributed by atoms with Crippen LogP contribution in [0.5, 0.6) is 5.75 Å². The van der Waals surface area contributed by atoms with E-state index in [2.05, 4.69) is 5.32 Å². The second kappa shape index (κ2) is 11.0. The monoisotopic (exact) mass is 304 g/mol. The zero-order chi connectivity index (χ0) is 13.2. The predicted molar refractivity (Wildman–Crippen MR) is 82.3 cm³/mol. The van der Waals surface area contributed by atoms with Crippen molar-refractivity contribution in [3.8, 4) is 5.75 Å². The number of hydrogen-bond donors (Lipinski definition) is 2. The molecule has 1 rings (SSSR count). The number of methoxy groups -OCH3 is 1. The van der Waals surface area contributed by atoms with Crippen LogP contribution in [0.3, 0.4) is 0 Å². The van der Waals surface area contributed by atoms with Crippen LogP contribution >= 0.6 is 24.2 Å². The number of thioether (sulfide) groups is 1. The van der Waals surface area contributed by atoms with Crippen molar-refractivity contribution in [2.75, 3.05) is 26.0 Å². The minimum Gasteiger partial charge on any atom is -0.497 e. The lowest BCUT2D eigenvalue weighted by Gasteiger charge is -2.05. The van der Waals surface area contributed by atoms with Gasteiger partial charge in [-0.2, -0.15) is 0 Å². The molecule has 0 atom stereocenters. The topological polar surface area (TPSA) is 64.3 Å². The Hall–Kier alpha value is -0.910. The third-order valence-corrected chi connectivity index (χ3v) is 3.36. The Labute approximate surface area is 124 Å². The Morgan fingerprint density at radius 1 is 1.42 bits per heavy atom. The lowest BCUT2D eigenvalue weighted by atomic mass is 10.3. The number of hydrogen-bond acceptors (Lipinski definition) is 4. The minimum absolute atomic E-state index is 0. The Kier molecular flexibility index (Phi) is 10.4. The molecule has 108 valence electrons. The number of nitrogens with two attached hydrogens (primary N) is 1. The van der Waals surface area contributed by atoms with Crippen LogP contribution < -0.4 is 15.8 Å². The van der Waals surface area contributed by atoms with Crippen molar-refractivity contribution in [3.63, 3.8) is 0 Å². The molecule has 0 unspecified atom stereocenters. The van der Waals surface area contributed by atoms with Gasteiger partial charge in [0.05, 0.1) is 12.9 Å². The molecule has 0 saturated carbocycles. The van der Waals surface area contributed by atoms with Crippen LogP contribution in [-0.4, -0.2) is 31.9 Å². The van der Waals surface area contributed by atoms with Gasteiger partial charge in [0.15, 0.2) is 0 Å². The molecule has 0 spiro atoms. The highest BCUT2D eigenvalue weighted by Gasteiger charge is 2.02. The SMILES string of the molecule is COc1cccc(SCC(=O)NCCCCN)c1.Cl. The molecule has 0 aliphatic heterocycles. The maximum absolute atomic E-state index is 11.5. The molecule has 4 nitrogen and oxygen atoms in total. The molecular weight excluding hydrogens is 284 g/mol. The molecule has 0 aromatic heterocycles. The van der Waals surface area contributed by atoms with Crippen molar-refractivity contribution in [2.45, 2.75) is 17.7 Å². The molecule has 0 aliphatic rings. The molecule has 0 fully saturated rings. The highest BCUT2D eigenvalue weighted by Crippen LogP contribution is 2.22. The summed E-state index contributed by atoms with van der Waals surface area (Å²) in [6, 6.07) is 7.69. The summed E-state index contributed by atoms with van der Waals surface area (Å²) in [7, 11) is 1.63. The van der Waals surface area contributed by atoms with Gasteiger partial charge >= 0.3 is 0 Å². The first kappa shape index (κ1) is 18.1. The van der Waals surface area contributed by atoms with Gasteiger partial charge in [-0.1, -0.05) is 6.07 Å². The zero-order valence-corrected chi connectivity index (χ0v) is 12.7. The number of halogens is 1. The van der Waals surface area contributed by atoms with Crippen molar-refractivity contribution < 1.29 is 9.53 Å². The van der Waals surface area contributed by atoms with E-state index in [-0.39, 0.29) is 18.3 Å². The maximum atomic E-state index is 11.5. The molecule has 0 saturated heterocycles. The van der Waals surface area contributed by atoms with Crippen LogP contribution in [0.15, 0.2) is 29.2 Å². The van der Waals surface area contributed by atoms with E-state index in [0.717, 1.165) is 23.5 Å². The molecule has 0 radical (unpaired) electrons. The number of benzene rings is 1. The number of carbonyl (C=O) groups excluding carboxylic acids is 1. The number of amides is 1. The quantitative estimate of drug-likeness (QED) is 0.570. The smallest absolute Gasteiger partial charge is 0.230 e. The second-order valence-electron chi connectivity index (χ2n) is 3.81. The summed E-state index contributed by atoms with van der Waals surface area (Å²) in [4.78, 5) is 12.6. The van der Waals surface area contributed by atoms with Gasteiger partial charge in [0.25, 0.3) is 0 Å². The largest absolute Gasteiger partial charge is 0.497 e. The maximum Gasteiger partial charge on any atom is 0.230 e. The van der Waals surface area contributed by atoms with Crippen LogP contribution in [0.1, 0.15) is 12.8 Å². The molecule has 3 N–H and O–H groups in total. The fraction of sp³-hybridized carbons (Fsp3) is 0.462. The van der Waals surface area contributed by atoms with Crippen molar-refractivity contribution in [1.82, 2.24) is 5.32 Å². The Bertz CT molecular complexity index is 377. The molecule has 6 heteroatoms. The number of nitrogens with one attached hydrogen (secondary N) is 1. The number of rotatable bonds is 8. The summed E-state index contributed by atoms with van der Waals surface area (Å²) < 4.78 is 5.13. The van der Waals surface area contributed by atoms with E-state index in [9.17, 15) is 4.79 Å². The van der Waals surface area contributed by atoms with Gasteiger partial charge < -0.3 is 15.8 Å². The van der Waals surface area contributed by atoms with E-state index >= 15 is 0 Å². The first-order valence-corrected chi connectivity index (χ1v) is 6.98. The summed E-state index contributed by atoms with van der Waals surface area (Å²) >= 11 is 1.51. The first-order chi connectivity index (χ1) is 8.76. The van der Waals surface area contributed by atoms with E-state index in [1.165, 1.54) is 11.8 Å². The molecule has 19 heavy (non-hydrogen) atoms. The summed E-state index contributed by atoms with van der Waals surface area (Å²) in [5.74, 6) is 1.29. The molecule has 1 aromatic carbocycles. The third-order valence-electron chi connectivity index (χ3n) is 2.36. The third kappa shape index (κ3) is 7.97. The Balaban J connectivity index is 0.00000324. The van der Waals surface area contributed by atoms with Crippen LogP contribution in [0.25, 0.3) is 0 Å². The molecule has 1 aromatic rings. The highest BCUT2D eigenvalue weighted by molar-refractivity contribution is 8.00. The lowest BCUT2D eigenvalue weighted by Crippen LogP contribution is -2.26. The summed E-state index contributed by atoms with van der Waals surface area (Å²) in [6.45, 7) is 1.38. The van der Waals surface area contributed by atoms with Gasteiger partial charge in [-0.25, -0.2) is 0 Å². The molecular formula is C13H21ClN2O2S. The van der Waals surface area contributed by atoms with Crippen molar-refractivity contribution in [2.24, 2.45) is 5.73 Å². The second-order valence-corrected chi connectivity index (χ2v) is 4.86. The fourth-order valence-corrected chi connectivity index (χ4v) is 2.16. The van der Waals surface area contributed by atoms with E-state index < -0.39 is 0 Å². The minimum atomic E-state index is 0. The van der Waals surface area contributed by atoms with E-state index in [1.807, 2.05) is 24.3 Å². The Morgan fingerprint density at radius 3 is 2.89 bits per heavy atom. The first-order valence-electron chi connectivity index (χ1n) is 6.00. The average Bonchev–Trinajstić information content (AvgIpc) is 2.41. The van der Waals surface area contributed by atoms with Crippen LogP contribution in [0.4, 0.5) is 0 Å². The standard InChI is InChI=1S/C13H20N2O2S.ClH/c1-17-11-5-4-6-12(9-11)18-10-13(16)15-8-3-2-7-14;/h4-6,9H,2-3,7-8,10,14H2,1H3,(H,15,16);1H. The molecule has 0 aliphatic carbocycles. The zero-order valence-electron chi connectivity index (χ0n) is 11.1. The number of ether oxygens (including phenoxy) is 1. The van der Waals surface area contributed by atoms with Crippen LogP contribution in [0.2, 0.25) is 0 Å². The van der Waals surface area contributed by atoms with Crippen molar-refractivity contribution in [3.05, 3.63) is 24.3 Å². The summed E-state index contributed by atoms with van der Waals surface area (Å²) in [5, 5.41) is 2.87. The van der Waals surface area contributed by atoms with Gasteiger partial charge in [-0.05, 0) is 37.6 Å². The Morgan fingerprint density at radius 2 is 2.21 bits per heavy atom. The summed E-state index contributed by atoms with van der Waals surface area (Å²) in [5.41, 5.74) is 5.38. The van der Waals surface area contributed by atoms with E-state index in [4.69, 9.17) is 10.5 Å².